The molecule has 138 valence electrons. The highest BCUT2D eigenvalue weighted by Gasteiger charge is 2.15. The van der Waals surface area contributed by atoms with Crippen molar-refractivity contribution < 1.29 is 4.79 Å². The molecule has 1 fully saturated rings. The van der Waals surface area contributed by atoms with E-state index in [0.717, 1.165) is 39.6 Å². The Morgan fingerprint density at radius 2 is 1.89 bits per heavy atom. The summed E-state index contributed by atoms with van der Waals surface area (Å²) in [6.45, 7) is 2.18. The van der Waals surface area contributed by atoms with E-state index in [-0.39, 0.29) is 5.91 Å². The molecule has 0 unspecified atom stereocenters. The fourth-order valence-electron chi connectivity index (χ4n) is 3.23. The maximum absolute atomic E-state index is 12.5. The van der Waals surface area contributed by atoms with Gasteiger partial charge in [0, 0.05) is 34.2 Å². The third-order valence-electron chi connectivity index (χ3n) is 4.65. The molecule has 6 heteroatoms. The van der Waals surface area contributed by atoms with Crippen LogP contribution in [-0.4, -0.2) is 24.0 Å². The number of piperidine rings is 1. The van der Waals surface area contributed by atoms with Crippen molar-refractivity contribution in [3.63, 3.8) is 0 Å². The summed E-state index contributed by atoms with van der Waals surface area (Å²) in [5, 5.41) is 6.16. The van der Waals surface area contributed by atoms with Crippen LogP contribution in [-0.2, 0) is 0 Å². The van der Waals surface area contributed by atoms with Crippen molar-refractivity contribution in [1.29, 1.82) is 0 Å². The van der Waals surface area contributed by atoms with Gasteiger partial charge >= 0.3 is 0 Å². The summed E-state index contributed by atoms with van der Waals surface area (Å²) in [6.07, 6.45) is 3.80. The fraction of sp³-hybridized carbons (Fsp3) is 0.238. The topological polar surface area (TPSA) is 45.2 Å². The van der Waals surface area contributed by atoms with E-state index in [1.54, 1.807) is 17.4 Å². The van der Waals surface area contributed by atoms with Crippen LogP contribution in [0.2, 0.25) is 0 Å². The molecule has 0 atom stereocenters. The van der Waals surface area contributed by atoms with Crippen LogP contribution in [0.25, 0.3) is 11.3 Å². The molecule has 1 aromatic heterocycles. The standard InChI is InChI=1S/C21H20BrN3OS/c22-18-10-3-2-9-17(18)20(26)23-16-8-6-7-15(13-16)19-14-27-21(24-19)25-11-4-1-5-12-25/h2-3,6-10,13-14H,1,4-5,11-12H2,(H,23,26). The van der Waals surface area contributed by atoms with Crippen LogP contribution in [0.3, 0.4) is 0 Å². The molecule has 0 saturated carbocycles. The molecule has 1 amide bonds. The van der Waals surface area contributed by atoms with Crippen molar-refractivity contribution in [2.75, 3.05) is 23.3 Å². The Kier molecular flexibility index (Phi) is 5.55. The summed E-state index contributed by atoms with van der Waals surface area (Å²) in [6, 6.07) is 15.3. The SMILES string of the molecule is O=C(Nc1cccc(-c2csc(N3CCCCC3)n2)c1)c1ccccc1Br. The molecule has 0 radical (unpaired) electrons. The average molecular weight is 442 g/mol. The molecule has 1 saturated heterocycles. The molecule has 0 spiro atoms. The van der Waals surface area contributed by atoms with Gasteiger partial charge in [0.2, 0.25) is 0 Å². The number of carbonyl (C=O) groups is 1. The van der Waals surface area contributed by atoms with Gasteiger partial charge in [0.05, 0.1) is 11.3 Å². The van der Waals surface area contributed by atoms with Crippen LogP contribution < -0.4 is 10.2 Å². The summed E-state index contributed by atoms with van der Waals surface area (Å²) < 4.78 is 0.782. The zero-order valence-corrected chi connectivity index (χ0v) is 17.2. The van der Waals surface area contributed by atoms with E-state index in [1.807, 2.05) is 42.5 Å². The molecular formula is C21H20BrN3OS. The first kappa shape index (κ1) is 18.2. The van der Waals surface area contributed by atoms with Crippen molar-refractivity contribution in [3.05, 3.63) is 63.9 Å². The zero-order valence-electron chi connectivity index (χ0n) is 14.8. The fourth-order valence-corrected chi connectivity index (χ4v) is 4.58. The second-order valence-electron chi connectivity index (χ2n) is 6.58. The Hall–Kier alpha value is -2.18. The average Bonchev–Trinajstić information content (AvgIpc) is 3.19. The number of nitrogens with one attached hydrogen (secondary N) is 1. The molecule has 27 heavy (non-hydrogen) atoms. The van der Waals surface area contributed by atoms with E-state index < -0.39 is 0 Å². The number of rotatable bonds is 4. The monoisotopic (exact) mass is 441 g/mol. The van der Waals surface area contributed by atoms with Gasteiger partial charge in [0.1, 0.15) is 0 Å². The number of thiazole rings is 1. The van der Waals surface area contributed by atoms with Gasteiger partial charge in [0.25, 0.3) is 5.91 Å². The lowest BCUT2D eigenvalue weighted by atomic mass is 10.1. The Labute approximate surface area is 171 Å². The van der Waals surface area contributed by atoms with Crippen LogP contribution in [0.4, 0.5) is 10.8 Å². The molecular weight excluding hydrogens is 422 g/mol. The predicted molar refractivity (Wildman–Crippen MR) is 116 cm³/mol. The van der Waals surface area contributed by atoms with E-state index in [4.69, 9.17) is 4.98 Å². The number of halogens is 1. The molecule has 3 aromatic rings. The molecule has 1 aliphatic heterocycles. The highest BCUT2D eigenvalue weighted by molar-refractivity contribution is 9.10. The summed E-state index contributed by atoms with van der Waals surface area (Å²) in [7, 11) is 0. The first-order chi connectivity index (χ1) is 13.2. The normalized spacial score (nSPS) is 14.2. The number of anilines is 2. The lowest BCUT2D eigenvalue weighted by Crippen LogP contribution is -2.29. The van der Waals surface area contributed by atoms with Crippen LogP contribution in [0.5, 0.6) is 0 Å². The molecule has 0 bridgehead atoms. The third-order valence-corrected chi connectivity index (χ3v) is 6.25. The van der Waals surface area contributed by atoms with E-state index in [9.17, 15) is 4.79 Å². The number of nitrogens with zero attached hydrogens (tertiary/aromatic N) is 2. The first-order valence-corrected chi connectivity index (χ1v) is 10.7. The van der Waals surface area contributed by atoms with Gasteiger partial charge in [-0.05, 0) is 59.5 Å². The number of aromatic nitrogens is 1. The molecule has 1 N–H and O–H groups in total. The van der Waals surface area contributed by atoms with Gasteiger partial charge in [-0.25, -0.2) is 4.98 Å². The molecule has 2 heterocycles. The summed E-state index contributed by atoms with van der Waals surface area (Å²) in [5.41, 5.74) is 3.35. The van der Waals surface area contributed by atoms with Crippen LogP contribution >= 0.6 is 27.3 Å². The quantitative estimate of drug-likeness (QED) is 0.554. The lowest BCUT2D eigenvalue weighted by Gasteiger charge is -2.25. The van der Waals surface area contributed by atoms with Crippen LogP contribution in [0.15, 0.2) is 58.4 Å². The van der Waals surface area contributed by atoms with Crippen molar-refractivity contribution in [2.24, 2.45) is 0 Å². The van der Waals surface area contributed by atoms with Gasteiger partial charge in [-0.2, -0.15) is 0 Å². The molecule has 4 nitrogen and oxygen atoms in total. The van der Waals surface area contributed by atoms with E-state index >= 15 is 0 Å². The van der Waals surface area contributed by atoms with Gasteiger partial charge in [-0.1, -0.05) is 24.3 Å². The first-order valence-electron chi connectivity index (χ1n) is 9.07. The summed E-state index contributed by atoms with van der Waals surface area (Å²) >= 11 is 5.12. The van der Waals surface area contributed by atoms with Crippen molar-refractivity contribution in [1.82, 2.24) is 4.98 Å². The predicted octanol–water partition coefficient (Wildman–Crippen LogP) is 5.82. The summed E-state index contributed by atoms with van der Waals surface area (Å²) in [5.74, 6) is -0.132. The Morgan fingerprint density at radius 3 is 2.70 bits per heavy atom. The minimum atomic E-state index is -0.132. The molecule has 4 rings (SSSR count). The number of benzene rings is 2. The number of carbonyl (C=O) groups excluding carboxylic acids is 1. The van der Waals surface area contributed by atoms with E-state index in [0.29, 0.717) is 5.56 Å². The second-order valence-corrected chi connectivity index (χ2v) is 8.27. The Morgan fingerprint density at radius 1 is 1.07 bits per heavy atom. The number of amides is 1. The Balaban J connectivity index is 1.52. The van der Waals surface area contributed by atoms with Gasteiger partial charge in [0.15, 0.2) is 5.13 Å². The van der Waals surface area contributed by atoms with Crippen molar-refractivity contribution in [3.8, 4) is 11.3 Å². The molecule has 0 aliphatic carbocycles. The Bertz CT molecular complexity index is 950. The van der Waals surface area contributed by atoms with Crippen LogP contribution in [0.1, 0.15) is 29.6 Å². The number of hydrogen-bond acceptors (Lipinski definition) is 4. The van der Waals surface area contributed by atoms with Crippen LogP contribution in [0, 0.1) is 0 Å². The van der Waals surface area contributed by atoms with Gasteiger partial charge in [-0.15, -0.1) is 11.3 Å². The third kappa shape index (κ3) is 4.22. The smallest absolute Gasteiger partial charge is 0.256 e. The highest BCUT2D eigenvalue weighted by atomic mass is 79.9. The lowest BCUT2D eigenvalue weighted by molar-refractivity contribution is 0.102. The van der Waals surface area contributed by atoms with Gasteiger partial charge in [-0.3, -0.25) is 4.79 Å². The molecule has 1 aliphatic rings. The maximum Gasteiger partial charge on any atom is 0.256 e. The minimum Gasteiger partial charge on any atom is -0.348 e. The van der Waals surface area contributed by atoms with Crippen molar-refractivity contribution >= 4 is 44.0 Å². The maximum atomic E-state index is 12.5. The minimum absolute atomic E-state index is 0.132. The second kappa shape index (κ2) is 8.23. The number of hydrogen-bond donors (Lipinski definition) is 1. The largest absolute Gasteiger partial charge is 0.348 e. The summed E-state index contributed by atoms with van der Waals surface area (Å²) in [4.78, 5) is 19.7. The highest BCUT2D eigenvalue weighted by Crippen LogP contribution is 2.30. The zero-order chi connectivity index (χ0) is 18.6. The molecule has 2 aromatic carbocycles. The van der Waals surface area contributed by atoms with Crippen molar-refractivity contribution in [2.45, 2.75) is 19.3 Å². The van der Waals surface area contributed by atoms with E-state index in [1.165, 1.54) is 19.3 Å². The van der Waals surface area contributed by atoms with Gasteiger partial charge < -0.3 is 10.2 Å². The van der Waals surface area contributed by atoms with E-state index in [2.05, 4.69) is 31.5 Å².